The molecule has 0 radical (unpaired) electrons. The lowest BCUT2D eigenvalue weighted by molar-refractivity contribution is 0.0926. The van der Waals surface area contributed by atoms with E-state index in [9.17, 15) is 4.79 Å². The number of hydrogen-bond donors (Lipinski definition) is 1. The highest BCUT2D eigenvalue weighted by Crippen LogP contribution is 2.34. The summed E-state index contributed by atoms with van der Waals surface area (Å²) in [4.78, 5) is 13.5. The number of amides is 1. The van der Waals surface area contributed by atoms with Crippen molar-refractivity contribution in [2.24, 2.45) is 7.05 Å². The van der Waals surface area contributed by atoms with E-state index in [-0.39, 0.29) is 17.8 Å². The average Bonchev–Trinajstić information content (AvgIpc) is 3.34. The first-order valence-corrected chi connectivity index (χ1v) is 8.27. The number of carbonyl (C=O) groups excluding carboxylic acids is 1. The van der Waals surface area contributed by atoms with Crippen molar-refractivity contribution < 1.29 is 9.32 Å². The minimum Gasteiger partial charge on any atom is -0.361 e. The molecule has 0 saturated heterocycles. The summed E-state index contributed by atoms with van der Waals surface area (Å²) in [5.41, 5.74) is 4.22. The number of aromatic nitrogens is 5. The number of tetrazole rings is 1. The van der Waals surface area contributed by atoms with Gasteiger partial charge in [0.25, 0.3) is 11.7 Å². The molecule has 1 amide bonds. The van der Waals surface area contributed by atoms with Crippen LogP contribution in [0.5, 0.6) is 0 Å². The highest BCUT2D eigenvalue weighted by Gasteiger charge is 2.26. The van der Waals surface area contributed by atoms with E-state index in [1.54, 1.807) is 7.05 Å². The molecule has 25 heavy (non-hydrogen) atoms. The monoisotopic (exact) mass is 338 g/mol. The van der Waals surface area contributed by atoms with Crippen molar-refractivity contribution >= 4 is 5.91 Å². The topological polar surface area (TPSA) is 98.7 Å². The molecule has 0 bridgehead atoms. The predicted octanol–water partition coefficient (Wildman–Crippen LogP) is 1.84. The third-order valence-corrected chi connectivity index (χ3v) is 4.44. The summed E-state index contributed by atoms with van der Waals surface area (Å²) in [5.74, 6) is 0.651. The van der Waals surface area contributed by atoms with Crippen molar-refractivity contribution in [3.8, 4) is 11.3 Å². The summed E-state index contributed by atoms with van der Waals surface area (Å²) in [5, 5.41) is 18.5. The fraction of sp³-hybridized carbons (Fsp3) is 0.353. The molecule has 1 aromatic carbocycles. The van der Waals surface area contributed by atoms with Crippen LogP contribution in [0.4, 0.5) is 0 Å². The van der Waals surface area contributed by atoms with Gasteiger partial charge in [0.15, 0.2) is 0 Å². The number of aryl methyl sites for hydroxylation is 3. The Labute approximate surface area is 144 Å². The van der Waals surface area contributed by atoms with Crippen molar-refractivity contribution in [3.05, 3.63) is 47.0 Å². The van der Waals surface area contributed by atoms with E-state index in [4.69, 9.17) is 4.52 Å². The van der Waals surface area contributed by atoms with Crippen LogP contribution in [-0.4, -0.2) is 31.3 Å². The maximum Gasteiger partial charge on any atom is 0.293 e. The molecule has 0 spiro atoms. The van der Waals surface area contributed by atoms with Gasteiger partial charge >= 0.3 is 0 Å². The highest BCUT2D eigenvalue weighted by atomic mass is 16.5. The summed E-state index contributed by atoms with van der Waals surface area (Å²) in [6.45, 7) is 2.03. The number of nitrogens with one attached hydrogen (secondary N) is 1. The van der Waals surface area contributed by atoms with Crippen molar-refractivity contribution in [2.75, 3.05) is 0 Å². The van der Waals surface area contributed by atoms with Crippen LogP contribution in [0.15, 0.2) is 28.8 Å². The van der Waals surface area contributed by atoms with Gasteiger partial charge in [0.2, 0.25) is 0 Å². The molecule has 8 heteroatoms. The maximum absolute atomic E-state index is 12.2. The molecule has 1 N–H and O–H groups in total. The van der Waals surface area contributed by atoms with Gasteiger partial charge in [-0.2, -0.15) is 4.80 Å². The summed E-state index contributed by atoms with van der Waals surface area (Å²) in [6, 6.07) is 8.12. The number of rotatable bonds is 4. The zero-order valence-corrected chi connectivity index (χ0v) is 14.1. The fourth-order valence-electron chi connectivity index (χ4n) is 3.14. The normalized spacial score (nSPS) is 16.0. The van der Waals surface area contributed by atoms with Gasteiger partial charge in [0.1, 0.15) is 11.5 Å². The molecule has 0 saturated carbocycles. The van der Waals surface area contributed by atoms with Crippen LogP contribution in [0.2, 0.25) is 0 Å². The lowest BCUT2D eigenvalue weighted by atomic mass is 10.0. The minimum atomic E-state index is -0.306. The summed E-state index contributed by atoms with van der Waals surface area (Å²) >= 11 is 0. The van der Waals surface area contributed by atoms with Gasteiger partial charge in [-0.3, -0.25) is 4.79 Å². The quantitative estimate of drug-likeness (QED) is 0.779. The van der Waals surface area contributed by atoms with Crippen LogP contribution in [0.25, 0.3) is 11.3 Å². The highest BCUT2D eigenvalue weighted by molar-refractivity contribution is 5.90. The molecule has 2 aromatic heterocycles. The van der Waals surface area contributed by atoms with Crippen LogP contribution in [0, 0.1) is 0 Å². The number of hydrogen-bond acceptors (Lipinski definition) is 6. The number of carbonyl (C=O) groups is 1. The fourth-order valence-corrected chi connectivity index (χ4v) is 3.14. The van der Waals surface area contributed by atoms with Gasteiger partial charge in [-0.05, 0) is 35.2 Å². The molecular weight excluding hydrogens is 320 g/mol. The lowest BCUT2D eigenvalue weighted by Crippen LogP contribution is -2.28. The van der Waals surface area contributed by atoms with Crippen molar-refractivity contribution in [1.82, 2.24) is 30.7 Å². The number of benzene rings is 1. The van der Waals surface area contributed by atoms with E-state index >= 15 is 0 Å². The first kappa shape index (κ1) is 15.5. The predicted molar refractivity (Wildman–Crippen MR) is 88.6 cm³/mol. The van der Waals surface area contributed by atoms with Crippen LogP contribution in [0.3, 0.4) is 0 Å². The Balaban J connectivity index is 1.54. The molecular formula is C17H18N6O2. The van der Waals surface area contributed by atoms with Gasteiger partial charge in [-0.1, -0.05) is 24.2 Å². The van der Waals surface area contributed by atoms with Gasteiger partial charge in [0, 0.05) is 18.1 Å². The molecule has 1 unspecified atom stereocenters. The molecule has 2 heterocycles. The molecule has 128 valence electrons. The molecule has 3 aromatic rings. The summed E-state index contributed by atoms with van der Waals surface area (Å²) in [6.07, 6.45) is 2.58. The smallest absolute Gasteiger partial charge is 0.293 e. The Hall–Kier alpha value is -3.03. The SMILES string of the molecule is CCc1cc(-c2ccc3c(c2)CCC3NC(=O)c2nnn(C)n2)no1. The van der Waals surface area contributed by atoms with Crippen LogP contribution in [-0.2, 0) is 19.9 Å². The Morgan fingerprint density at radius 1 is 1.40 bits per heavy atom. The zero-order chi connectivity index (χ0) is 17.4. The van der Waals surface area contributed by atoms with Crippen molar-refractivity contribution in [3.63, 3.8) is 0 Å². The molecule has 4 rings (SSSR count). The molecule has 1 aliphatic carbocycles. The van der Waals surface area contributed by atoms with E-state index in [0.717, 1.165) is 41.8 Å². The Kier molecular flexibility index (Phi) is 3.79. The summed E-state index contributed by atoms with van der Waals surface area (Å²) < 4.78 is 5.28. The van der Waals surface area contributed by atoms with Gasteiger partial charge in [-0.15, -0.1) is 10.2 Å². The van der Waals surface area contributed by atoms with E-state index in [1.807, 2.05) is 25.1 Å². The molecule has 1 atom stereocenters. The molecule has 1 aliphatic rings. The largest absolute Gasteiger partial charge is 0.361 e. The number of fused-ring (bicyclic) bond motifs is 1. The lowest BCUT2D eigenvalue weighted by Gasteiger charge is -2.12. The van der Waals surface area contributed by atoms with Gasteiger partial charge in [0.05, 0.1) is 13.1 Å². The second-order valence-corrected chi connectivity index (χ2v) is 6.11. The van der Waals surface area contributed by atoms with E-state index in [1.165, 1.54) is 10.4 Å². The summed E-state index contributed by atoms with van der Waals surface area (Å²) in [7, 11) is 1.63. The van der Waals surface area contributed by atoms with Gasteiger partial charge in [-0.25, -0.2) is 0 Å². The average molecular weight is 338 g/mol. The standard InChI is InChI=1S/C17H18N6O2/c1-3-12-9-15(21-25-12)11-4-6-13-10(8-11)5-7-14(13)18-17(24)16-19-22-23(2)20-16/h4,6,8-9,14H,3,5,7H2,1-2H3,(H,18,24). The zero-order valence-electron chi connectivity index (χ0n) is 14.1. The van der Waals surface area contributed by atoms with E-state index in [2.05, 4.69) is 32.0 Å². The molecule has 0 fully saturated rings. The third kappa shape index (κ3) is 2.90. The Morgan fingerprint density at radius 2 is 2.28 bits per heavy atom. The molecule has 0 aliphatic heterocycles. The Bertz CT molecular complexity index is 929. The van der Waals surface area contributed by atoms with Crippen LogP contribution < -0.4 is 5.32 Å². The van der Waals surface area contributed by atoms with Gasteiger partial charge < -0.3 is 9.84 Å². The van der Waals surface area contributed by atoms with Crippen LogP contribution in [0.1, 0.15) is 46.9 Å². The second kappa shape index (κ2) is 6.12. The Morgan fingerprint density at radius 3 is 3.00 bits per heavy atom. The third-order valence-electron chi connectivity index (χ3n) is 4.44. The maximum atomic E-state index is 12.2. The van der Waals surface area contributed by atoms with E-state index in [0.29, 0.717) is 0 Å². The van der Waals surface area contributed by atoms with E-state index < -0.39 is 0 Å². The molecule has 8 nitrogen and oxygen atoms in total. The van der Waals surface area contributed by atoms with Crippen molar-refractivity contribution in [2.45, 2.75) is 32.2 Å². The second-order valence-electron chi connectivity index (χ2n) is 6.11. The van der Waals surface area contributed by atoms with Crippen LogP contribution >= 0.6 is 0 Å². The first-order valence-electron chi connectivity index (χ1n) is 8.27. The minimum absolute atomic E-state index is 0.0381. The van der Waals surface area contributed by atoms with Crippen molar-refractivity contribution in [1.29, 1.82) is 0 Å². The number of nitrogens with zero attached hydrogens (tertiary/aromatic N) is 5. The first-order chi connectivity index (χ1) is 12.1.